The van der Waals surface area contributed by atoms with Gasteiger partial charge in [-0.3, -0.25) is 0 Å². The second-order valence-corrected chi connectivity index (χ2v) is 4.41. The van der Waals surface area contributed by atoms with Gasteiger partial charge in [-0.05, 0) is 37.1 Å². The number of rotatable bonds is 2. The molecule has 1 aromatic carbocycles. The zero-order valence-electron chi connectivity index (χ0n) is 10.5. The molecule has 0 saturated carbocycles. The lowest BCUT2D eigenvalue weighted by atomic mass is 10.1. The van der Waals surface area contributed by atoms with E-state index in [0.29, 0.717) is 28.5 Å². The van der Waals surface area contributed by atoms with E-state index in [4.69, 9.17) is 17.3 Å². The molecule has 0 amide bonds. The van der Waals surface area contributed by atoms with Gasteiger partial charge in [-0.25, -0.2) is 4.98 Å². The highest BCUT2D eigenvalue weighted by molar-refractivity contribution is 6.28. The Kier molecular flexibility index (Phi) is 3.54. The summed E-state index contributed by atoms with van der Waals surface area (Å²) in [6.07, 6.45) is 0. The molecule has 0 bridgehead atoms. The predicted octanol–water partition coefficient (Wildman–Crippen LogP) is 2.94. The number of aryl methyl sites for hydroxylation is 2. The third kappa shape index (κ3) is 2.59. The first-order chi connectivity index (χ1) is 9.02. The highest BCUT2D eigenvalue weighted by Gasteiger charge is 2.11. The van der Waals surface area contributed by atoms with Crippen LogP contribution in [0.2, 0.25) is 5.28 Å². The van der Waals surface area contributed by atoms with E-state index in [-0.39, 0.29) is 5.28 Å². The van der Waals surface area contributed by atoms with Crippen molar-refractivity contribution in [3.63, 3.8) is 0 Å². The molecule has 0 aliphatic rings. The van der Waals surface area contributed by atoms with Crippen molar-refractivity contribution < 1.29 is 0 Å². The first-order valence-corrected chi connectivity index (χ1v) is 5.97. The van der Waals surface area contributed by atoms with Crippen molar-refractivity contribution in [2.24, 2.45) is 0 Å². The summed E-state index contributed by atoms with van der Waals surface area (Å²) in [5.41, 5.74) is 8.97. The molecule has 0 unspecified atom stereocenters. The molecule has 3 N–H and O–H groups in total. The standard InChI is InChI=1S/C13H12ClN5/c1-7-4-3-5-10(9(7)6-15)18-12-11(16)8(2)17-13(14)19-12/h3-5H,16H2,1-2H3,(H,17,18,19). The van der Waals surface area contributed by atoms with Crippen LogP contribution in [0.25, 0.3) is 0 Å². The molecular weight excluding hydrogens is 262 g/mol. The van der Waals surface area contributed by atoms with Crippen LogP contribution in [0.1, 0.15) is 16.8 Å². The number of anilines is 3. The van der Waals surface area contributed by atoms with Crippen molar-refractivity contribution in [2.75, 3.05) is 11.1 Å². The molecule has 1 aromatic heterocycles. The fourth-order valence-corrected chi connectivity index (χ4v) is 1.90. The summed E-state index contributed by atoms with van der Waals surface area (Å²) in [4.78, 5) is 8.00. The molecule has 0 aliphatic heterocycles. The molecule has 96 valence electrons. The SMILES string of the molecule is Cc1cccc(Nc2nc(Cl)nc(C)c2N)c1C#N. The van der Waals surface area contributed by atoms with Crippen LogP contribution in [0.4, 0.5) is 17.2 Å². The minimum Gasteiger partial charge on any atom is -0.394 e. The van der Waals surface area contributed by atoms with Gasteiger partial charge in [0.2, 0.25) is 5.28 Å². The Balaban J connectivity index is 2.48. The summed E-state index contributed by atoms with van der Waals surface area (Å²) in [6, 6.07) is 7.66. The van der Waals surface area contributed by atoms with Crippen molar-refractivity contribution in [3.8, 4) is 6.07 Å². The number of nitrogens with two attached hydrogens (primary N) is 1. The van der Waals surface area contributed by atoms with Crippen molar-refractivity contribution in [2.45, 2.75) is 13.8 Å². The number of aromatic nitrogens is 2. The fourth-order valence-electron chi connectivity index (χ4n) is 1.69. The topological polar surface area (TPSA) is 87.6 Å². The minimum atomic E-state index is 0.111. The number of nitrogen functional groups attached to an aromatic ring is 1. The normalized spacial score (nSPS) is 10.0. The van der Waals surface area contributed by atoms with E-state index in [9.17, 15) is 5.26 Å². The molecule has 19 heavy (non-hydrogen) atoms. The Morgan fingerprint density at radius 2 is 2.05 bits per heavy atom. The average Bonchev–Trinajstić information content (AvgIpc) is 2.35. The maximum atomic E-state index is 9.18. The summed E-state index contributed by atoms with van der Waals surface area (Å²) < 4.78 is 0. The van der Waals surface area contributed by atoms with E-state index in [2.05, 4.69) is 21.4 Å². The Hall–Kier alpha value is -2.32. The lowest BCUT2D eigenvalue weighted by Crippen LogP contribution is -2.05. The van der Waals surface area contributed by atoms with Gasteiger partial charge in [-0.2, -0.15) is 10.2 Å². The van der Waals surface area contributed by atoms with Gasteiger partial charge in [-0.1, -0.05) is 12.1 Å². The minimum absolute atomic E-state index is 0.111. The summed E-state index contributed by atoms with van der Waals surface area (Å²) in [6.45, 7) is 3.61. The Morgan fingerprint density at radius 3 is 2.74 bits per heavy atom. The van der Waals surface area contributed by atoms with E-state index in [1.54, 1.807) is 13.0 Å². The van der Waals surface area contributed by atoms with Gasteiger partial charge in [-0.15, -0.1) is 0 Å². The lowest BCUT2D eigenvalue weighted by Gasteiger charge is -2.12. The number of nitriles is 1. The van der Waals surface area contributed by atoms with E-state index in [1.165, 1.54) is 0 Å². The van der Waals surface area contributed by atoms with Crippen LogP contribution in [0, 0.1) is 25.2 Å². The van der Waals surface area contributed by atoms with Crippen LogP contribution >= 0.6 is 11.6 Å². The number of halogens is 1. The highest BCUT2D eigenvalue weighted by atomic mass is 35.5. The second kappa shape index (κ2) is 5.12. The van der Waals surface area contributed by atoms with Gasteiger partial charge in [0.15, 0.2) is 5.82 Å². The summed E-state index contributed by atoms with van der Waals surface area (Å²) >= 11 is 5.81. The van der Waals surface area contributed by atoms with Gasteiger partial charge >= 0.3 is 0 Å². The van der Waals surface area contributed by atoms with Gasteiger partial charge in [0.1, 0.15) is 6.07 Å². The first kappa shape index (κ1) is 13.1. The van der Waals surface area contributed by atoms with Crippen LogP contribution in [-0.4, -0.2) is 9.97 Å². The van der Waals surface area contributed by atoms with Gasteiger partial charge in [0, 0.05) is 0 Å². The quantitative estimate of drug-likeness (QED) is 0.822. The van der Waals surface area contributed by atoms with Crippen LogP contribution in [0.3, 0.4) is 0 Å². The molecule has 0 aliphatic carbocycles. The third-order valence-corrected chi connectivity index (χ3v) is 2.92. The van der Waals surface area contributed by atoms with Crippen molar-refractivity contribution in [1.29, 1.82) is 5.26 Å². The van der Waals surface area contributed by atoms with E-state index in [0.717, 1.165) is 5.56 Å². The molecular formula is C13H12ClN5. The van der Waals surface area contributed by atoms with Crippen LogP contribution in [0.5, 0.6) is 0 Å². The number of nitrogens with one attached hydrogen (secondary N) is 1. The molecule has 2 rings (SSSR count). The summed E-state index contributed by atoms with van der Waals surface area (Å²) in [5, 5.41) is 12.3. The summed E-state index contributed by atoms with van der Waals surface area (Å²) in [7, 11) is 0. The zero-order chi connectivity index (χ0) is 14.0. The van der Waals surface area contributed by atoms with Crippen LogP contribution < -0.4 is 11.1 Å². The number of benzene rings is 1. The van der Waals surface area contributed by atoms with Gasteiger partial charge < -0.3 is 11.1 Å². The molecule has 6 heteroatoms. The van der Waals surface area contributed by atoms with Crippen molar-refractivity contribution >= 4 is 28.8 Å². The molecule has 5 nitrogen and oxygen atoms in total. The molecule has 2 aromatic rings. The largest absolute Gasteiger partial charge is 0.394 e. The maximum Gasteiger partial charge on any atom is 0.224 e. The van der Waals surface area contributed by atoms with E-state index >= 15 is 0 Å². The fraction of sp³-hybridized carbons (Fsp3) is 0.154. The molecule has 0 saturated heterocycles. The van der Waals surface area contributed by atoms with E-state index in [1.807, 2.05) is 19.1 Å². The van der Waals surface area contributed by atoms with Crippen molar-refractivity contribution in [3.05, 3.63) is 40.3 Å². The average molecular weight is 274 g/mol. The van der Waals surface area contributed by atoms with Gasteiger partial charge in [0.05, 0.1) is 22.6 Å². The van der Waals surface area contributed by atoms with Crippen molar-refractivity contribution in [1.82, 2.24) is 9.97 Å². The molecule has 0 atom stereocenters. The van der Waals surface area contributed by atoms with E-state index < -0.39 is 0 Å². The highest BCUT2D eigenvalue weighted by Crippen LogP contribution is 2.27. The monoisotopic (exact) mass is 273 g/mol. The first-order valence-electron chi connectivity index (χ1n) is 5.59. The van der Waals surface area contributed by atoms with Crippen LogP contribution in [-0.2, 0) is 0 Å². The lowest BCUT2D eigenvalue weighted by molar-refractivity contribution is 1.11. The maximum absolute atomic E-state index is 9.18. The zero-order valence-corrected chi connectivity index (χ0v) is 11.3. The number of hydrogen-bond acceptors (Lipinski definition) is 5. The van der Waals surface area contributed by atoms with Crippen LogP contribution in [0.15, 0.2) is 18.2 Å². The summed E-state index contributed by atoms with van der Waals surface area (Å²) in [5.74, 6) is 0.402. The molecule has 0 radical (unpaired) electrons. The Morgan fingerprint density at radius 1 is 1.32 bits per heavy atom. The Bertz CT molecular complexity index is 675. The Labute approximate surface area is 116 Å². The molecule has 1 heterocycles. The predicted molar refractivity (Wildman–Crippen MR) is 75.4 cm³/mol. The molecule has 0 fully saturated rings. The number of hydrogen-bond donors (Lipinski definition) is 2. The second-order valence-electron chi connectivity index (χ2n) is 4.07. The van der Waals surface area contributed by atoms with Gasteiger partial charge in [0.25, 0.3) is 0 Å². The molecule has 0 spiro atoms. The smallest absolute Gasteiger partial charge is 0.224 e. The third-order valence-electron chi connectivity index (χ3n) is 2.75. The number of nitrogens with zero attached hydrogens (tertiary/aromatic N) is 3.